The molecule has 0 spiro atoms. The number of ether oxygens (including phenoxy) is 1. The highest BCUT2D eigenvalue weighted by molar-refractivity contribution is 5.87. The van der Waals surface area contributed by atoms with Crippen molar-refractivity contribution in [2.24, 2.45) is 0 Å². The first kappa shape index (κ1) is 16.8. The number of hydrogen-bond acceptors (Lipinski definition) is 5. The number of aryl methyl sites for hydroxylation is 2. The zero-order chi connectivity index (χ0) is 18.9. The molecule has 0 radical (unpaired) electrons. The minimum Gasteiger partial charge on any atom is -0.464 e. The molecule has 0 bridgehead atoms. The van der Waals surface area contributed by atoms with Crippen LogP contribution in [0.25, 0.3) is 22.4 Å². The molecule has 0 fully saturated rings. The summed E-state index contributed by atoms with van der Waals surface area (Å²) in [7, 11) is 0. The zero-order valence-corrected chi connectivity index (χ0v) is 15.3. The first-order valence-electron chi connectivity index (χ1n) is 9.43. The number of esters is 1. The lowest BCUT2D eigenvalue weighted by molar-refractivity contribution is -0.144. The molecule has 28 heavy (non-hydrogen) atoms. The standard InChI is InChI=1S/C23H19NO4/c25-22(27-13-19-14-28-23(24-19)15-5-2-1-3-6-15)11-18-12-26-21-10-17-8-4-7-16(17)9-20(18)21/h1-3,5-6,9-10,12,14H,4,7-8,11,13H2. The summed E-state index contributed by atoms with van der Waals surface area (Å²) in [5.41, 5.74) is 5.89. The first-order chi connectivity index (χ1) is 13.8. The number of aromatic nitrogens is 1. The quantitative estimate of drug-likeness (QED) is 0.467. The zero-order valence-electron chi connectivity index (χ0n) is 15.3. The topological polar surface area (TPSA) is 65.5 Å². The number of benzene rings is 2. The maximum absolute atomic E-state index is 12.3. The SMILES string of the molecule is O=C(Cc1coc2cc3c(cc12)CCC3)OCc1coc(-c2ccccc2)n1. The van der Waals surface area contributed by atoms with Gasteiger partial charge in [0.25, 0.3) is 0 Å². The molecule has 1 aliphatic carbocycles. The van der Waals surface area contributed by atoms with Gasteiger partial charge in [-0.2, -0.15) is 0 Å². The van der Waals surface area contributed by atoms with E-state index >= 15 is 0 Å². The van der Waals surface area contributed by atoms with E-state index < -0.39 is 0 Å². The molecule has 0 saturated carbocycles. The van der Waals surface area contributed by atoms with Crippen LogP contribution in [0.5, 0.6) is 0 Å². The molecule has 5 rings (SSSR count). The first-order valence-corrected chi connectivity index (χ1v) is 9.43. The second kappa shape index (κ2) is 7.00. The van der Waals surface area contributed by atoms with E-state index in [-0.39, 0.29) is 19.0 Å². The fourth-order valence-corrected chi connectivity index (χ4v) is 3.73. The molecule has 0 aliphatic heterocycles. The van der Waals surface area contributed by atoms with E-state index in [1.165, 1.54) is 23.8 Å². The van der Waals surface area contributed by atoms with Crippen molar-refractivity contribution in [3.05, 3.63) is 77.4 Å². The number of carbonyl (C=O) groups is 1. The summed E-state index contributed by atoms with van der Waals surface area (Å²) in [6.07, 6.45) is 6.73. The van der Waals surface area contributed by atoms with Gasteiger partial charge in [0.2, 0.25) is 5.89 Å². The highest BCUT2D eigenvalue weighted by atomic mass is 16.5. The largest absolute Gasteiger partial charge is 0.464 e. The summed E-state index contributed by atoms with van der Waals surface area (Å²) < 4.78 is 16.5. The highest BCUT2D eigenvalue weighted by Crippen LogP contribution is 2.30. The van der Waals surface area contributed by atoms with Gasteiger partial charge in [-0.3, -0.25) is 4.79 Å². The highest BCUT2D eigenvalue weighted by Gasteiger charge is 2.17. The van der Waals surface area contributed by atoms with Crippen molar-refractivity contribution in [2.45, 2.75) is 32.3 Å². The van der Waals surface area contributed by atoms with Gasteiger partial charge in [0.15, 0.2) is 0 Å². The summed E-state index contributed by atoms with van der Waals surface area (Å²) in [6.45, 7) is 0.0837. The van der Waals surface area contributed by atoms with Crippen LogP contribution in [0.3, 0.4) is 0 Å². The Labute approximate surface area is 161 Å². The van der Waals surface area contributed by atoms with Crippen molar-refractivity contribution in [3.8, 4) is 11.5 Å². The van der Waals surface area contributed by atoms with Crippen molar-refractivity contribution in [1.29, 1.82) is 0 Å². The molecular formula is C23H19NO4. The van der Waals surface area contributed by atoms with Crippen LogP contribution in [-0.4, -0.2) is 11.0 Å². The van der Waals surface area contributed by atoms with Crippen LogP contribution in [0.4, 0.5) is 0 Å². The van der Waals surface area contributed by atoms with Crippen LogP contribution in [0.15, 0.2) is 63.8 Å². The lowest BCUT2D eigenvalue weighted by atomic mass is 10.0. The van der Waals surface area contributed by atoms with Crippen LogP contribution in [0.2, 0.25) is 0 Å². The molecule has 2 aromatic carbocycles. The summed E-state index contributed by atoms with van der Waals surface area (Å²) in [5, 5.41) is 1.00. The molecule has 0 N–H and O–H groups in total. The normalized spacial score (nSPS) is 13.0. The van der Waals surface area contributed by atoms with E-state index in [2.05, 4.69) is 17.1 Å². The Bertz CT molecular complexity index is 1140. The van der Waals surface area contributed by atoms with E-state index in [4.69, 9.17) is 13.6 Å². The van der Waals surface area contributed by atoms with E-state index in [9.17, 15) is 4.79 Å². The summed E-state index contributed by atoms with van der Waals surface area (Å²) in [4.78, 5) is 16.7. The van der Waals surface area contributed by atoms with Crippen LogP contribution in [0.1, 0.15) is 28.8 Å². The van der Waals surface area contributed by atoms with Gasteiger partial charge in [0, 0.05) is 16.5 Å². The number of carbonyl (C=O) groups excluding carboxylic acids is 1. The predicted molar refractivity (Wildman–Crippen MR) is 104 cm³/mol. The van der Waals surface area contributed by atoms with E-state index in [0.29, 0.717) is 11.6 Å². The van der Waals surface area contributed by atoms with Crippen molar-refractivity contribution >= 4 is 16.9 Å². The smallest absolute Gasteiger partial charge is 0.310 e. The van der Waals surface area contributed by atoms with Gasteiger partial charge >= 0.3 is 5.97 Å². The molecule has 0 amide bonds. The second-order valence-electron chi connectivity index (χ2n) is 7.08. The molecule has 4 aromatic rings. The lowest BCUT2D eigenvalue weighted by Crippen LogP contribution is -2.08. The van der Waals surface area contributed by atoms with Crippen molar-refractivity contribution in [2.75, 3.05) is 0 Å². The van der Waals surface area contributed by atoms with Crippen molar-refractivity contribution < 1.29 is 18.4 Å². The molecule has 2 heterocycles. The Hall–Kier alpha value is -3.34. The number of fused-ring (bicyclic) bond motifs is 2. The number of nitrogens with zero attached hydrogens (tertiary/aromatic N) is 1. The number of oxazole rings is 1. The molecule has 2 aromatic heterocycles. The number of furan rings is 1. The van der Waals surface area contributed by atoms with Crippen LogP contribution in [0, 0.1) is 0 Å². The molecule has 5 heteroatoms. The van der Waals surface area contributed by atoms with Crippen molar-refractivity contribution in [3.63, 3.8) is 0 Å². The second-order valence-corrected chi connectivity index (χ2v) is 7.08. The third-order valence-electron chi connectivity index (χ3n) is 5.16. The lowest BCUT2D eigenvalue weighted by Gasteiger charge is -2.03. The van der Waals surface area contributed by atoms with Crippen molar-refractivity contribution in [1.82, 2.24) is 4.98 Å². The molecule has 5 nitrogen and oxygen atoms in total. The van der Waals surface area contributed by atoms with Crippen LogP contribution < -0.4 is 0 Å². The van der Waals surface area contributed by atoms with Crippen LogP contribution >= 0.6 is 0 Å². The van der Waals surface area contributed by atoms with Gasteiger partial charge in [0.1, 0.15) is 24.1 Å². The number of rotatable bonds is 5. The Morgan fingerprint density at radius 3 is 2.71 bits per heavy atom. The summed E-state index contributed by atoms with van der Waals surface area (Å²) in [6, 6.07) is 13.9. The predicted octanol–water partition coefficient (Wildman–Crippen LogP) is 4.86. The van der Waals surface area contributed by atoms with Gasteiger partial charge < -0.3 is 13.6 Å². The monoisotopic (exact) mass is 373 g/mol. The third-order valence-corrected chi connectivity index (χ3v) is 5.16. The fraction of sp³-hybridized carbons (Fsp3) is 0.217. The van der Waals surface area contributed by atoms with Crippen LogP contribution in [-0.2, 0) is 35.4 Å². The van der Waals surface area contributed by atoms with Gasteiger partial charge in [-0.05, 0) is 54.7 Å². The minimum atomic E-state index is -0.313. The Balaban J connectivity index is 1.25. The van der Waals surface area contributed by atoms with E-state index in [1.54, 1.807) is 6.26 Å². The number of hydrogen-bond donors (Lipinski definition) is 0. The Kier molecular flexibility index (Phi) is 4.20. The molecule has 1 aliphatic rings. The van der Waals surface area contributed by atoms with Gasteiger partial charge in [-0.15, -0.1) is 0 Å². The molecule has 0 saturated heterocycles. The third kappa shape index (κ3) is 3.20. The summed E-state index contributed by atoms with van der Waals surface area (Å²) in [5.74, 6) is 0.203. The Morgan fingerprint density at radius 2 is 1.86 bits per heavy atom. The molecule has 0 atom stereocenters. The average Bonchev–Trinajstić information content (AvgIpc) is 3.45. The fourth-order valence-electron chi connectivity index (χ4n) is 3.73. The minimum absolute atomic E-state index is 0.0837. The van der Waals surface area contributed by atoms with Gasteiger partial charge in [-0.25, -0.2) is 4.98 Å². The molecule has 140 valence electrons. The van der Waals surface area contributed by atoms with Gasteiger partial charge in [0.05, 0.1) is 12.7 Å². The van der Waals surface area contributed by atoms with E-state index in [0.717, 1.165) is 34.9 Å². The van der Waals surface area contributed by atoms with Gasteiger partial charge in [-0.1, -0.05) is 18.2 Å². The van der Waals surface area contributed by atoms with E-state index in [1.807, 2.05) is 30.3 Å². The molecular weight excluding hydrogens is 354 g/mol. The average molecular weight is 373 g/mol. The maximum atomic E-state index is 12.3. The summed E-state index contributed by atoms with van der Waals surface area (Å²) >= 11 is 0. The Morgan fingerprint density at radius 1 is 1.04 bits per heavy atom. The maximum Gasteiger partial charge on any atom is 0.310 e. The molecule has 0 unspecified atom stereocenters.